The van der Waals surface area contributed by atoms with Gasteiger partial charge in [0.1, 0.15) is 5.75 Å². The Kier molecular flexibility index (Phi) is 6.12. The highest BCUT2D eigenvalue weighted by Crippen LogP contribution is 2.24. The fraction of sp³-hybridized carbons (Fsp3) is 0.500. The third-order valence-electron chi connectivity index (χ3n) is 2.55. The van der Waals surface area contributed by atoms with E-state index in [-0.39, 0.29) is 12.3 Å². The molecule has 106 valence electrons. The molecule has 0 bridgehead atoms. The van der Waals surface area contributed by atoms with Gasteiger partial charge in [0, 0.05) is 11.4 Å². The van der Waals surface area contributed by atoms with Crippen LogP contribution in [0, 0.1) is 5.92 Å². The quantitative estimate of drug-likeness (QED) is 0.837. The summed E-state index contributed by atoms with van der Waals surface area (Å²) in [6.07, 6.45) is -0.666. The molecule has 0 aliphatic heterocycles. The van der Waals surface area contributed by atoms with Crippen LogP contribution in [-0.2, 0) is 16.0 Å². The first-order chi connectivity index (χ1) is 8.93. The topological polar surface area (TPSA) is 55.8 Å². The number of ether oxygens (including phenoxy) is 2. The zero-order chi connectivity index (χ0) is 14.4. The first-order valence-corrected chi connectivity index (χ1v) is 6.48. The van der Waals surface area contributed by atoms with E-state index in [1.165, 1.54) is 7.11 Å². The SMILES string of the molecule is COc1ccc(Cl)cc1C[C@H](OCC(C)C)C(=O)O. The van der Waals surface area contributed by atoms with Gasteiger partial charge in [-0.05, 0) is 29.7 Å². The van der Waals surface area contributed by atoms with Crippen molar-refractivity contribution in [2.75, 3.05) is 13.7 Å². The van der Waals surface area contributed by atoms with Gasteiger partial charge in [-0.25, -0.2) is 4.79 Å². The van der Waals surface area contributed by atoms with E-state index < -0.39 is 12.1 Å². The van der Waals surface area contributed by atoms with E-state index in [2.05, 4.69) is 0 Å². The molecule has 1 atom stereocenters. The minimum absolute atomic E-state index is 0.228. The van der Waals surface area contributed by atoms with Crippen molar-refractivity contribution in [3.8, 4) is 5.75 Å². The average Bonchev–Trinajstić information content (AvgIpc) is 2.34. The second-order valence-corrected chi connectivity index (χ2v) is 5.15. The average molecular weight is 287 g/mol. The Bertz CT molecular complexity index is 431. The number of rotatable bonds is 7. The Balaban J connectivity index is 2.83. The monoisotopic (exact) mass is 286 g/mol. The molecule has 0 radical (unpaired) electrons. The van der Waals surface area contributed by atoms with Gasteiger partial charge in [0.25, 0.3) is 0 Å². The maximum absolute atomic E-state index is 11.2. The Morgan fingerprint density at radius 3 is 2.63 bits per heavy atom. The molecule has 0 unspecified atom stereocenters. The van der Waals surface area contributed by atoms with Crippen LogP contribution >= 0.6 is 11.6 Å². The second kappa shape index (κ2) is 7.36. The Hall–Kier alpha value is -1.26. The van der Waals surface area contributed by atoms with Crippen molar-refractivity contribution in [2.45, 2.75) is 26.4 Å². The fourth-order valence-corrected chi connectivity index (χ4v) is 1.83. The van der Waals surface area contributed by atoms with Crippen molar-refractivity contribution < 1.29 is 19.4 Å². The van der Waals surface area contributed by atoms with E-state index in [0.29, 0.717) is 17.4 Å². The van der Waals surface area contributed by atoms with E-state index >= 15 is 0 Å². The Morgan fingerprint density at radius 2 is 2.11 bits per heavy atom. The fourth-order valence-electron chi connectivity index (χ4n) is 1.63. The van der Waals surface area contributed by atoms with Gasteiger partial charge >= 0.3 is 5.97 Å². The minimum atomic E-state index is -0.984. The highest BCUT2D eigenvalue weighted by molar-refractivity contribution is 6.30. The first kappa shape index (κ1) is 15.8. The highest BCUT2D eigenvalue weighted by atomic mass is 35.5. The predicted molar refractivity (Wildman–Crippen MR) is 73.9 cm³/mol. The molecule has 0 aliphatic carbocycles. The number of hydrogen-bond donors (Lipinski definition) is 1. The minimum Gasteiger partial charge on any atom is -0.496 e. The maximum Gasteiger partial charge on any atom is 0.333 e. The lowest BCUT2D eigenvalue weighted by atomic mass is 10.1. The van der Waals surface area contributed by atoms with Gasteiger partial charge in [-0.1, -0.05) is 25.4 Å². The largest absolute Gasteiger partial charge is 0.496 e. The second-order valence-electron chi connectivity index (χ2n) is 4.71. The predicted octanol–water partition coefficient (Wildman–Crippen LogP) is 3.02. The molecule has 1 rings (SSSR count). The molecule has 0 spiro atoms. The molecule has 1 aromatic carbocycles. The molecule has 0 fully saturated rings. The van der Waals surface area contributed by atoms with Crippen LogP contribution < -0.4 is 4.74 Å². The summed E-state index contributed by atoms with van der Waals surface area (Å²) in [5.41, 5.74) is 0.728. The van der Waals surface area contributed by atoms with Gasteiger partial charge < -0.3 is 14.6 Å². The summed E-state index contributed by atoms with van der Waals surface area (Å²) < 4.78 is 10.6. The van der Waals surface area contributed by atoms with Crippen LogP contribution in [0.2, 0.25) is 5.02 Å². The van der Waals surface area contributed by atoms with Gasteiger partial charge in [-0.3, -0.25) is 0 Å². The molecular formula is C14H19ClO4. The van der Waals surface area contributed by atoms with Gasteiger partial charge in [0.15, 0.2) is 6.10 Å². The van der Waals surface area contributed by atoms with Gasteiger partial charge in [-0.2, -0.15) is 0 Å². The normalized spacial score (nSPS) is 12.5. The van der Waals surface area contributed by atoms with Gasteiger partial charge in [0.2, 0.25) is 0 Å². The van der Waals surface area contributed by atoms with Gasteiger partial charge in [0.05, 0.1) is 13.7 Å². The summed E-state index contributed by atoms with van der Waals surface area (Å²) in [7, 11) is 1.54. The van der Waals surface area contributed by atoms with Crippen molar-refractivity contribution in [3.05, 3.63) is 28.8 Å². The van der Waals surface area contributed by atoms with Crippen LogP contribution in [0.5, 0.6) is 5.75 Å². The van der Waals surface area contributed by atoms with Crippen LogP contribution in [0.3, 0.4) is 0 Å². The third kappa shape index (κ3) is 5.09. The number of hydrogen-bond acceptors (Lipinski definition) is 3. The Labute approximate surface area is 118 Å². The van der Waals surface area contributed by atoms with Crippen molar-refractivity contribution in [1.82, 2.24) is 0 Å². The third-order valence-corrected chi connectivity index (χ3v) is 2.79. The van der Waals surface area contributed by atoms with E-state index in [9.17, 15) is 9.90 Å². The summed E-state index contributed by atoms with van der Waals surface area (Å²) in [6.45, 7) is 4.34. The lowest BCUT2D eigenvalue weighted by Crippen LogP contribution is -2.28. The number of methoxy groups -OCH3 is 1. The number of benzene rings is 1. The smallest absolute Gasteiger partial charge is 0.333 e. The zero-order valence-corrected chi connectivity index (χ0v) is 12.1. The molecule has 19 heavy (non-hydrogen) atoms. The molecule has 4 nitrogen and oxygen atoms in total. The summed E-state index contributed by atoms with van der Waals surface area (Å²) >= 11 is 5.92. The van der Waals surface area contributed by atoms with E-state index in [1.54, 1.807) is 18.2 Å². The number of carboxylic acid groups (broad SMARTS) is 1. The summed E-state index contributed by atoms with van der Waals surface area (Å²) in [6, 6.07) is 5.13. The number of halogens is 1. The first-order valence-electron chi connectivity index (χ1n) is 6.10. The number of aliphatic carboxylic acids is 1. The van der Waals surface area contributed by atoms with Crippen molar-refractivity contribution in [3.63, 3.8) is 0 Å². The molecule has 5 heteroatoms. The summed E-state index contributed by atoms with van der Waals surface area (Å²) in [5.74, 6) is -0.0883. The van der Waals surface area contributed by atoms with Crippen molar-refractivity contribution >= 4 is 17.6 Å². The van der Waals surface area contributed by atoms with Crippen LogP contribution in [0.15, 0.2) is 18.2 Å². The summed E-state index contributed by atoms with van der Waals surface area (Å²) in [5, 5.41) is 9.73. The standard InChI is InChI=1S/C14H19ClO4/c1-9(2)8-19-13(14(16)17)7-10-6-11(15)4-5-12(10)18-3/h4-6,9,13H,7-8H2,1-3H3,(H,16,17)/t13-/m0/s1. The lowest BCUT2D eigenvalue weighted by Gasteiger charge is -2.17. The molecule has 0 saturated carbocycles. The van der Waals surface area contributed by atoms with Crippen LogP contribution in [0.25, 0.3) is 0 Å². The molecule has 1 N–H and O–H groups in total. The Morgan fingerprint density at radius 1 is 1.42 bits per heavy atom. The molecule has 1 aromatic rings. The van der Waals surface area contributed by atoms with E-state index in [4.69, 9.17) is 21.1 Å². The van der Waals surface area contributed by atoms with E-state index in [1.807, 2.05) is 13.8 Å². The van der Waals surface area contributed by atoms with Crippen LogP contribution in [0.4, 0.5) is 0 Å². The maximum atomic E-state index is 11.2. The summed E-state index contributed by atoms with van der Waals surface area (Å²) in [4.78, 5) is 11.2. The number of carboxylic acids is 1. The molecule has 0 aromatic heterocycles. The zero-order valence-electron chi connectivity index (χ0n) is 11.4. The molecule has 0 saturated heterocycles. The molecule has 0 heterocycles. The highest BCUT2D eigenvalue weighted by Gasteiger charge is 2.21. The molecule has 0 aliphatic rings. The van der Waals surface area contributed by atoms with Gasteiger partial charge in [-0.15, -0.1) is 0 Å². The van der Waals surface area contributed by atoms with Crippen molar-refractivity contribution in [1.29, 1.82) is 0 Å². The molecule has 0 amide bonds. The van der Waals surface area contributed by atoms with Crippen LogP contribution in [-0.4, -0.2) is 30.9 Å². The van der Waals surface area contributed by atoms with Crippen molar-refractivity contribution in [2.24, 2.45) is 5.92 Å². The van der Waals surface area contributed by atoms with E-state index in [0.717, 1.165) is 5.56 Å². The number of carbonyl (C=O) groups is 1. The van der Waals surface area contributed by atoms with Crippen LogP contribution in [0.1, 0.15) is 19.4 Å². The lowest BCUT2D eigenvalue weighted by molar-refractivity contribution is -0.150. The molecular weight excluding hydrogens is 268 g/mol.